The van der Waals surface area contributed by atoms with Gasteiger partial charge in [0.2, 0.25) is 0 Å². The van der Waals surface area contributed by atoms with Gasteiger partial charge in [-0.2, -0.15) is 0 Å². The Labute approximate surface area is 359 Å². The second kappa shape index (κ2) is 13.9. The Hall–Kier alpha value is -8.82. The zero-order chi connectivity index (χ0) is 41.4. The maximum atomic E-state index is 5.38. The van der Waals surface area contributed by atoms with E-state index in [-0.39, 0.29) is 0 Å². The Kier molecular flexibility index (Phi) is 7.70. The van der Waals surface area contributed by atoms with Crippen molar-refractivity contribution in [2.45, 2.75) is 0 Å². The molecule has 9 aromatic heterocycles. The van der Waals surface area contributed by atoms with Crippen molar-refractivity contribution >= 4 is 65.4 Å². The van der Waals surface area contributed by atoms with Gasteiger partial charge in [0.05, 0.1) is 68.8 Å². The Morgan fingerprint density at radius 2 is 0.571 bits per heavy atom. The van der Waals surface area contributed by atoms with Gasteiger partial charge in [0.25, 0.3) is 0 Å². The number of para-hydroxylation sites is 3. The lowest BCUT2D eigenvalue weighted by Gasteiger charge is -2.14. The van der Waals surface area contributed by atoms with Crippen molar-refractivity contribution in [2.75, 3.05) is 0 Å². The first kappa shape index (κ1) is 35.0. The number of hydrogen-bond donors (Lipinski definition) is 0. The van der Waals surface area contributed by atoms with E-state index in [1.54, 1.807) is 0 Å². The van der Waals surface area contributed by atoms with Crippen LogP contribution in [0.25, 0.3) is 117 Å². The zero-order valence-corrected chi connectivity index (χ0v) is 33.6. The van der Waals surface area contributed by atoms with E-state index in [1.807, 2.05) is 37.2 Å². The van der Waals surface area contributed by atoms with E-state index < -0.39 is 0 Å². The molecule has 294 valence electrons. The molecule has 0 spiro atoms. The highest BCUT2D eigenvalue weighted by molar-refractivity contribution is 6.10. The van der Waals surface area contributed by atoms with Crippen LogP contribution >= 0.6 is 0 Å². The molecular formula is C54H33N9. The van der Waals surface area contributed by atoms with E-state index in [1.165, 1.54) is 0 Å². The number of benzene rings is 4. The molecule has 9 nitrogen and oxygen atoms in total. The predicted octanol–water partition coefficient (Wildman–Crippen LogP) is 12.3. The highest BCUT2D eigenvalue weighted by Gasteiger charge is 2.19. The van der Waals surface area contributed by atoms with Crippen LogP contribution in [0.4, 0.5) is 0 Å². The number of rotatable bonds is 6. The van der Waals surface area contributed by atoms with Gasteiger partial charge in [0, 0.05) is 67.6 Å². The summed E-state index contributed by atoms with van der Waals surface area (Å²) in [6, 6.07) is 56.7. The molecule has 13 rings (SSSR count). The van der Waals surface area contributed by atoms with Crippen molar-refractivity contribution in [3.8, 4) is 51.2 Å². The number of hydrogen-bond acceptors (Lipinski definition) is 6. The van der Waals surface area contributed by atoms with Crippen LogP contribution < -0.4 is 0 Å². The molecule has 0 radical (unpaired) electrons. The first-order valence-electron chi connectivity index (χ1n) is 20.8. The van der Waals surface area contributed by atoms with Crippen LogP contribution in [0.5, 0.6) is 0 Å². The number of aromatic nitrogens is 9. The molecule has 0 saturated carbocycles. The largest absolute Gasteiger partial charge is 0.292 e. The maximum Gasteiger partial charge on any atom is 0.138 e. The summed E-state index contributed by atoms with van der Waals surface area (Å²) in [5.74, 6) is 2.41. The van der Waals surface area contributed by atoms with Crippen molar-refractivity contribution in [3.05, 3.63) is 201 Å². The summed E-state index contributed by atoms with van der Waals surface area (Å²) in [6.45, 7) is 0. The Balaban J connectivity index is 1.01. The van der Waals surface area contributed by atoms with Crippen LogP contribution in [0.15, 0.2) is 201 Å². The van der Waals surface area contributed by atoms with Gasteiger partial charge in [-0.25, -0.2) is 15.0 Å². The van der Waals surface area contributed by atoms with Gasteiger partial charge in [-0.15, -0.1) is 0 Å². The van der Waals surface area contributed by atoms with E-state index in [2.05, 4.69) is 192 Å². The SMILES string of the molecule is c1cc(-c2cc(-c3cccc(-n4c5ccccc5c5ccncc54)n3)cc(-c3cccc(-n4c5ccccc5c5ccncc54)n3)c2)nc(-n2c3ccccc3c3ccncc32)c1. The zero-order valence-electron chi connectivity index (χ0n) is 33.6. The van der Waals surface area contributed by atoms with Crippen molar-refractivity contribution in [3.63, 3.8) is 0 Å². The molecular weight excluding hydrogens is 775 g/mol. The van der Waals surface area contributed by atoms with Crippen LogP contribution in [0.1, 0.15) is 0 Å². The quantitative estimate of drug-likeness (QED) is 0.166. The summed E-state index contributed by atoms with van der Waals surface area (Å²) in [7, 11) is 0. The second-order valence-electron chi connectivity index (χ2n) is 15.7. The molecule has 13 aromatic rings. The highest BCUT2D eigenvalue weighted by atomic mass is 15.1. The predicted molar refractivity (Wildman–Crippen MR) is 253 cm³/mol. The van der Waals surface area contributed by atoms with Crippen LogP contribution in [0, 0.1) is 0 Å². The number of pyridine rings is 6. The minimum Gasteiger partial charge on any atom is -0.292 e. The maximum absolute atomic E-state index is 5.38. The van der Waals surface area contributed by atoms with Gasteiger partial charge in [-0.1, -0.05) is 72.8 Å². The molecule has 4 aromatic carbocycles. The van der Waals surface area contributed by atoms with E-state index in [0.717, 1.165) is 117 Å². The molecule has 0 amide bonds. The molecule has 0 atom stereocenters. The smallest absolute Gasteiger partial charge is 0.138 e. The molecule has 63 heavy (non-hydrogen) atoms. The first-order valence-corrected chi connectivity index (χ1v) is 20.8. The fraction of sp³-hybridized carbons (Fsp3) is 0. The topological polar surface area (TPSA) is 92.1 Å². The van der Waals surface area contributed by atoms with Gasteiger partial charge in [0.1, 0.15) is 17.5 Å². The summed E-state index contributed by atoms with van der Waals surface area (Å²) in [5.41, 5.74) is 11.5. The van der Waals surface area contributed by atoms with Gasteiger partial charge < -0.3 is 0 Å². The van der Waals surface area contributed by atoms with Crippen molar-refractivity contribution in [1.29, 1.82) is 0 Å². The lowest BCUT2D eigenvalue weighted by Crippen LogP contribution is -2.01. The van der Waals surface area contributed by atoms with E-state index >= 15 is 0 Å². The molecule has 0 bridgehead atoms. The summed E-state index contributed by atoms with van der Waals surface area (Å²) in [6.07, 6.45) is 11.3. The third-order valence-electron chi connectivity index (χ3n) is 12.1. The average molecular weight is 808 g/mol. The molecule has 0 aliphatic carbocycles. The Morgan fingerprint density at radius 1 is 0.270 bits per heavy atom. The van der Waals surface area contributed by atoms with Crippen LogP contribution in [0.2, 0.25) is 0 Å². The molecule has 0 saturated heterocycles. The highest BCUT2D eigenvalue weighted by Crippen LogP contribution is 2.37. The fourth-order valence-corrected chi connectivity index (χ4v) is 9.39. The molecule has 9 heteroatoms. The monoisotopic (exact) mass is 807 g/mol. The second-order valence-corrected chi connectivity index (χ2v) is 15.7. The van der Waals surface area contributed by atoms with Gasteiger partial charge >= 0.3 is 0 Å². The van der Waals surface area contributed by atoms with Crippen LogP contribution in [-0.2, 0) is 0 Å². The van der Waals surface area contributed by atoms with Gasteiger partial charge in [-0.3, -0.25) is 28.7 Å². The van der Waals surface area contributed by atoms with E-state index in [9.17, 15) is 0 Å². The summed E-state index contributed by atoms with van der Waals surface area (Å²) >= 11 is 0. The molecule has 9 heterocycles. The Morgan fingerprint density at radius 3 is 0.905 bits per heavy atom. The third kappa shape index (κ3) is 5.50. The van der Waals surface area contributed by atoms with Crippen LogP contribution in [0.3, 0.4) is 0 Å². The van der Waals surface area contributed by atoms with Crippen molar-refractivity contribution < 1.29 is 0 Å². The van der Waals surface area contributed by atoms with E-state index in [4.69, 9.17) is 15.0 Å². The molecule has 0 N–H and O–H groups in total. The van der Waals surface area contributed by atoms with Gasteiger partial charge in [-0.05, 0) is 91.0 Å². The van der Waals surface area contributed by atoms with Crippen molar-refractivity contribution in [2.24, 2.45) is 0 Å². The minimum atomic E-state index is 0.804. The Bertz CT molecular complexity index is 3370. The number of nitrogens with zero attached hydrogens (tertiary/aromatic N) is 9. The first-order chi connectivity index (χ1) is 31.2. The van der Waals surface area contributed by atoms with Crippen molar-refractivity contribution in [1.82, 2.24) is 43.6 Å². The molecule has 0 aliphatic heterocycles. The fourth-order valence-electron chi connectivity index (χ4n) is 9.39. The summed E-state index contributed by atoms with van der Waals surface area (Å²) < 4.78 is 6.59. The lowest BCUT2D eigenvalue weighted by molar-refractivity contribution is 1.07. The molecule has 0 fully saturated rings. The summed E-state index contributed by atoms with van der Waals surface area (Å²) in [5, 5.41) is 6.86. The normalized spacial score (nSPS) is 11.8. The number of fused-ring (bicyclic) bond motifs is 9. The average Bonchev–Trinajstić information content (AvgIpc) is 4.00. The van der Waals surface area contributed by atoms with E-state index in [0.29, 0.717) is 0 Å². The van der Waals surface area contributed by atoms with Crippen LogP contribution in [-0.4, -0.2) is 43.6 Å². The third-order valence-corrected chi connectivity index (χ3v) is 12.1. The van der Waals surface area contributed by atoms with Gasteiger partial charge in [0.15, 0.2) is 0 Å². The minimum absolute atomic E-state index is 0.804. The standard InChI is InChI=1S/C54H33N9/c1-4-16-46-37(10-1)40-22-25-55-31-49(40)61(46)52-19-7-13-43(58-52)34-28-35(44-14-8-20-53(59-44)62-47-17-5-2-11-38(47)41-23-26-56-32-50(41)62)30-36(29-34)45-15-9-21-54(60-45)63-48-18-6-3-12-39(48)42-24-27-57-33-51(42)63/h1-33H. The summed E-state index contributed by atoms with van der Waals surface area (Å²) in [4.78, 5) is 29.7. The molecule has 0 aliphatic rings. The lowest BCUT2D eigenvalue weighted by atomic mass is 9.98. The molecule has 0 unspecified atom stereocenters.